The summed E-state index contributed by atoms with van der Waals surface area (Å²) in [5.74, 6) is 4.11. The number of halogens is 1. The van der Waals surface area contributed by atoms with Crippen molar-refractivity contribution >= 4 is 33.6 Å². The summed E-state index contributed by atoms with van der Waals surface area (Å²) in [6.07, 6.45) is 5.20. The Hall–Kier alpha value is -2.00. The number of hydrogen-bond donors (Lipinski definition) is 1. The van der Waals surface area contributed by atoms with E-state index in [-0.39, 0.29) is 6.61 Å². The monoisotopic (exact) mass is 374 g/mol. The third kappa shape index (κ3) is 2.49. The Morgan fingerprint density at radius 1 is 1.25 bits per heavy atom. The van der Waals surface area contributed by atoms with Crippen molar-refractivity contribution in [2.45, 2.75) is 0 Å². The summed E-state index contributed by atoms with van der Waals surface area (Å²) in [5.41, 5.74) is 3.02. The number of aromatic nitrogens is 2. The molecule has 1 N–H and O–H groups in total. The van der Waals surface area contributed by atoms with Crippen molar-refractivity contribution in [3.8, 4) is 29.5 Å². The SMILES string of the molecule is C#CCOc1ccc(-c2nc3ccccc3[nH]2)cc1I. The van der Waals surface area contributed by atoms with E-state index in [0.717, 1.165) is 31.7 Å². The fourth-order valence-corrected chi connectivity index (χ4v) is 2.65. The number of aromatic amines is 1. The highest BCUT2D eigenvalue weighted by molar-refractivity contribution is 14.1. The number of para-hydroxylation sites is 2. The van der Waals surface area contributed by atoms with Crippen molar-refractivity contribution in [2.75, 3.05) is 6.61 Å². The van der Waals surface area contributed by atoms with E-state index in [4.69, 9.17) is 11.2 Å². The lowest BCUT2D eigenvalue weighted by Crippen LogP contribution is -1.95. The molecule has 0 aliphatic carbocycles. The predicted octanol–water partition coefficient (Wildman–Crippen LogP) is 3.85. The van der Waals surface area contributed by atoms with Crippen LogP contribution < -0.4 is 4.74 Å². The van der Waals surface area contributed by atoms with E-state index in [1.165, 1.54) is 0 Å². The smallest absolute Gasteiger partial charge is 0.148 e. The van der Waals surface area contributed by atoms with E-state index >= 15 is 0 Å². The summed E-state index contributed by atoms with van der Waals surface area (Å²) in [6.45, 7) is 0.278. The third-order valence-electron chi connectivity index (χ3n) is 2.91. The Kier molecular flexibility index (Phi) is 3.61. The van der Waals surface area contributed by atoms with Gasteiger partial charge in [-0.25, -0.2) is 4.98 Å². The van der Waals surface area contributed by atoms with Crippen LogP contribution in [0.2, 0.25) is 0 Å². The first-order valence-electron chi connectivity index (χ1n) is 6.09. The van der Waals surface area contributed by atoms with Gasteiger partial charge in [-0.1, -0.05) is 18.1 Å². The standard InChI is InChI=1S/C16H11IN2O/c1-2-9-20-15-8-7-11(10-12(15)17)16-18-13-5-3-4-6-14(13)19-16/h1,3-8,10H,9H2,(H,18,19). The molecule has 98 valence electrons. The number of fused-ring (bicyclic) bond motifs is 1. The minimum atomic E-state index is 0.278. The molecule has 0 spiro atoms. The molecule has 0 bridgehead atoms. The average Bonchev–Trinajstić information content (AvgIpc) is 2.90. The summed E-state index contributed by atoms with van der Waals surface area (Å²) >= 11 is 2.24. The Morgan fingerprint density at radius 2 is 2.10 bits per heavy atom. The van der Waals surface area contributed by atoms with E-state index in [1.807, 2.05) is 42.5 Å². The molecule has 3 nitrogen and oxygen atoms in total. The molecule has 4 heteroatoms. The molecule has 1 heterocycles. The van der Waals surface area contributed by atoms with Crippen LogP contribution >= 0.6 is 22.6 Å². The van der Waals surface area contributed by atoms with Crippen molar-refractivity contribution < 1.29 is 4.74 Å². The molecule has 1 aromatic heterocycles. The van der Waals surface area contributed by atoms with Gasteiger partial charge in [0.1, 0.15) is 18.2 Å². The molecular formula is C16H11IN2O. The highest BCUT2D eigenvalue weighted by Crippen LogP contribution is 2.27. The maximum Gasteiger partial charge on any atom is 0.148 e. The normalized spacial score (nSPS) is 10.4. The van der Waals surface area contributed by atoms with E-state index in [9.17, 15) is 0 Å². The quantitative estimate of drug-likeness (QED) is 0.559. The number of benzene rings is 2. The Balaban J connectivity index is 1.98. The molecular weight excluding hydrogens is 363 g/mol. The fraction of sp³-hybridized carbons (Fsp3) is 0.0625. The minimum Gasteiger partial charge on any atom is -0.480 e. The van der Waals surface area contributed by atoms with Crippen LogP contribution in [-0.2, 0) is 0 Å². The molecule has 0 saturated heterocycles. The second kappa shape index (κ2) is 5.55. The molecule has 0 unspecified atom stereocenters. The van der Waals surface area contributed by atoms with Gasteiger partial charge in [0.2, 0.25) is 0 Å². The van der Waals surface area contributed by atoms with Crippen LogP contribution in [-0.4, -0.2) is 16.6 Å². The first-order chi connectivity index (χ1) is 9.78. The molecule has 3 aromatic rings. The lowest BCUT2D eigenvalue weighted by Gasteiger charge is -2.06. The van der Waals surface area contributed by atoms with E-state index in [1.54, 1.807) is 0 Å². The van der Waals surface area contributed by atoms with Gasteiger partial charge in [0.05, 0.1) is 14.6 Å². The zero-order valence-electron chi connectivity index (χ0n) is 10.6. The van der Waals surface area contributed by atoms with Crippen molar-refractivity contribution in [2.24, 2.45) is 0 Å². The van der Waals surface area contributed by atoms with Crippen LogP contribution in [0.3, 0.4) is 0 Å². The van der Waals surface area contributed by atoms with E-state index in [2.05, 4.69) is 38.5 Å². The number of H-pyrrole nitrogens is 1. The first kappa shape index (κ1) is 13.0. The number of nitrogens with zero attached hydrogens (tertiary/aromatic N) is 1. The zero-order valence-corrected chi connectivity index (χ0v) is 12.7. The number of rotatable bonds is 3. The highest BCUT2D eigenvalue weighted by atomic mass is 127. The molecule has 0 amide bonds. The van der Waals surface area contributed by atoms with Gasteiger partial charge in [-0.05, 0) is 52.9 Å². The van der Waals surface area contributed by atoms with Crippen molar-refractivity contribution in [1.29, 1.82) is 0 Å². The summed E-state index contributed by atoms with van der Waals surface area (Å²) in [7, 11) is 0. The molecule has 0 atom stereocenters. The highest BCUT2D eigenvalue weighted by Gasteiger charge is 2.08. The summed E-state index contributed by atoms with van der Waals surface area (Å²) < 4.78 is 6.47. The van der Waals surface area contributed by atoms with Gasteiger partial charge in [-0.15, -0.1) is 6.42 Å². The van der Waals surface area contributed by atoms with Crippen molar-refractivity contribution in [1.82, 2.24) is 9.97 Å². The van der Waals surface area contributed by atoms with Gasteiger partial charge in [-0.2, -0.15) is 0 Å². The lowest BCUT2D eigenvalue weighted by atomic mass is 10.2. The average molecular weight is 374 g/mol. The van der Waals surface area contributed by atoms with Crippen molar-refractivity contribution in [3.05, 3.63) is 46.0 Å². The fourth-order valence-electron chi connectivity index (χ4n) is 1.97. The molecule has 20 heavy (non-hydrogen) atoms. The molecule has 3 rings (SSSR count). The van der Waals surface area contributed by atoms with Gasteiger partial charge in [0.25, 0.3) is 0 Å². The van der Waals surface area contributed by atoms with Gasteiger partial charge in [0.15, 0.2) is 0 Å². The van der Waals surface area contributed by atoms with Gasteiger partial charge in [0, 0.05) is 5.56 Å². The third-order valence-corrected chi connectivity index (χ3v) is 3.75. The second-order valence-corrected chi connectivity index (χ2v) is 5.40. The number of hydrogen-bond acceptors (Lipinski definition) is 2. The topological polar surface area (TPSA) is 37.9 Å². The number of terminal acetylenes is 1. The molecule has 0 fully saturated rings. The molecule has 0 aliphatic heterocycles. The maximum absolute atomic E-state index is 5.46. The predicted molar refractivity (Wildman–Crippen MR) is 88.6 cm³/mol. The van der Waals surface area contributed by atoms with Crippen molar-refractivity contribution in [3.63, 3.8) is 0 Å². The molecule has 0 aliphatic rings. The molecule has 0 saturated carbocycles. The van der Waals surface area contributed by atoms with Crippen LogP contribution in [0.5, 0.6) is 5.75 Å². The second-order valence-electron chi connectivity index (χ2n) is 4.24. The summed E-state index contributed by atoms with van der Waals surface area (Å²) in [5, 5.41) is 0. The molecule has 2 aromatic carbocycles. The van der Waals surface area contributed by atoms with E-state index < -0.39 is 0 Å². The number of nitrogens with one attached hydrogen (secondary N) is 1. The van der Waals surface area contributed by atoms with Crippen LogP contribution in [0.15, 0.2) is 42.5 Å². The van der Waals surface area contributed by atoms with E-state index in [0.29, 0.717) is 0 Å². The van der Waals surface area contributed by atoms with Crippen LogP contribution in [0.1, 0.15) is 0 Å². The Bertz CT molecular complexity index is 769. The van der Waals surface area contributed by atoms with Crippen LogP contribution in [0, 0.1) is 15.9 Å². The summed E-state index contributed by atoms with van der Waals surface area (Å²) in [6, 6.07) is 13.9. The number of ether oxygens (including phenoxy) is 1. The van der Waals surface area contributed by atoms with Crippen LogP contribution in [0.25, 0.3) is 22.4 Å². The minimum absolute atomic E-state index is 0.278. The van der Waals surface area contributed by atoms with Crippen LogP contribution in [0.4, 0.5) is 0 Å². The molecule has 0 radical (unpaired) electrons. The van der Waals surface area contributed by atoms with Gasteiger partial charge in [-0.3, -0.25) is 0 Å². The van der Waals surface area contributed by atoms with Gasteiger partial charge < -0.3 is 9.72 Å². The Morgan fingerprint density at radius 3 is 2.85 bits per heavy atom. The lowest BCUT2D eigenvalue weighted by molar-refractivity contribution is 0.368. The number of imidazole rings is 1. The largest absolute Gasteiger partial charge is 0.480 e. The zero-order chi connectivity index (χ0) is 13.9. The summed E-state index contributed by atoms with van der Waals surface area (Å²) in [4.78, 5) is 7.90. The Labute approximate surface area is 130 Å². The first-order valence-corrected chi connectivity index (χ1v) is 7.17. The maximum atomic E-state index is 5.46. The van der Waals surface area contributed by atoms with Gasteiger partial charge >= 0.3 is 0 Å².